The average Bonchev–Trinajstić information content (AvgIpc) is 2.47. The van der Waals surface area contributed by atoms with E-state index in [0.29, 0.717) is 17.0 Å². The number of aryl methyl sites for hydroxylation is 1. The third-order valence-electron chi connectivity index (χ3n) is 4.19. The van der Waals surface area contributed by atoms with Gasteiger partial charge in [-0.2, -0.15) is 0 Å². The van der Waals surface area contributed by atoms with Gasteiger partial charge in [-0.15, -0.1) is 0 Å². The Morgan fingerprint density at radius 2 is 1.91 bits per heavy atom. The summed E-state index contributed by atoms with van der Waals surface area (Å²) in [5.74, 6) is 0.698. The number of likely N-dealkylation sites (N-methyl/N-ethyl adjacent to an activating group) is 1. The summed E-state index contributed by atoms with van der Waals surface area (Å²) in [4.78, 5) is 21.5. The van der Waals surface area contributed by atoms with Crippen molar-refractivity contribution in [2.45, 2.75) is 20.0 Å². The molecule has 1 saturated heterocycles. The molecule has 2 aromatic rings. The highest BCUT2D eigenvalue weighted by Gasteiger charge is 2.18. The normalized spacial score (nSPS) is 17.9. The van der Waals surface area contributed by atoms with Crippen LogP contribution in [0.3, 0.4) is 0 Å². The second-order valence-electron chi connectivity index (χ2n) is 6.09. The molecule has 2 aromatic heterocycles. The van der Waals surface area contributed by atoms with Crippen molar-refractivity contribution in [2.24, 2.45) is 0 Å². The lowest BCUT2D eigenvalue weighted by atomic mass is 10.1. The lowest BCUT2D eigenvalue weighted by Gasteiger charge is -2.33. The molecule has 0 saturated carbocycles. The van der Waals surface area contributed by atoms with E-state index in [1.807, 2.05) is 13.0 Å². The van der Waals surface area contributed by atoms with Gasteiger partial charge in [0.25, 0.3) is 5.56 Å². The first-order chi connectivity index (χ1) is 10.5. The predicted octanol–water partition coefficient (Wildman–Crippen LogP) is 0.808. The Bertz CT molecular complexity index is 746. The maximum Gasteiger partial charge on any atom is 0.259 e. The van der Waals surface area contributed by atoms with Gasteiger partial charge in [0.15, 0.2) is 0 Å². The van der Waals surface area contributed by atoms with E-state index in [1.54, 1.807) is 19.2 Å². The Balaban J connectivity index is 2.13. The van der Waals surface area contributed by atoms with Crippen LogP contribution in [0.2, 0.25) is 0 Å². The highest BCUT2D eigenvalue weighted by molar-refractivity contribution is 5.55. The van der Waals surface area contributed by atoms with Gasteiger partial charge in [0.05, 0.1) is 6.10 Å². The van der Waals surface area contributed by atoms with Crippen molar-refractivity contribution in [1.29, 1.82) is 0 Å². The molecule has 3 rings (SSSR count). The van der Waals surface area contributed by atoms with Crippen LogP contribution >= 0.6 is 0 Å². The van der Waals surface area contributed by atoms with Gasteiger partial charge in [-0.1, -0.05) is 0 Å². The van der Waals surface area contributed by atoms with Crippen molar-refractivity contribution in [3.8, 4) is 0 Å². The SMILES string of the molecule is Cc1cc([C@H](C)O)c2nc(N3CCN(C)CC3)cc(=O)n2c1. The molecular weight excluding hydrogens is 280 g/mol. The molecule has 6 heteroatoms. The zero-order valence-corrected chi connectivity index (χ0v) is 13.3. The number of aromatic nitrogens is 2. The largest absolute Gasteiger partial charge is 0.389 e. The van der Waals surface area contributed by atoms with E-state index in [1.165, 1.54) is 4.40 Å². The standard InChI is InChI=1S/C16H22N4O2/c1-11-8-13(12(2)21)16-17-14(9-15(22)20(16)10-11)19-6-4-18(3)5-7-19/h8-10,12,21H,4-7H2,1-3H3/t12-/m0/s1. The molecule has 0 aromatic carbocycles. The molecule has 0 amide bonds. The summed E-state index contributed by atoms with van der Waals surface area (Å²) < 4.78 is 1.52. The Kier molecular flexibility index (Phi) is 3.88. The zero-order chi connectivity index (χ0) is 15.9. The van der Waals surface area contributed by atoms with Crippen LogP contribution in [0.25, 0.3) is 5.65 Å². The fraction of sp³-hybridized carbons (Fsp3) is 0.500. The zero-order valence-electron chi connectivity index (χ0n) is 13.3. The van der Waals surface area contributed by atoms with Gasteiger partial charge in [0, 0.05) is 44.0 Å². The highest BCUT2D eigenvalue weighted by atomic mass is 16.3. The van der Waals surface area contributed by atoms with Crippen LogP contribution in [0.15, 0.2) is 23.1 Å². The van der Waals surface area contributed by atoms with Crippen molar-refractivity contribution in [2.75, 3.05) is 38.1 Å². The van der Waals surface area contributed by atoms with Gasteiger partial charge < -0.3 is 14.9 Å². The molecule has 0 bridgehead atoms. The van der Waals surface area contributed by atoms with Crippen molar-refractivity contribution in [3.05, 3.63) is 39.8 Å². The summed E-state index contributed by atoms with van der Waals surface area (Å²) in [5.41, 5.74) is 2.05. The van der Waals surface area contributed by atoms with E-state index < -0.39 is 6.10 Å². The maximum absolute atomic E-state index is 12.4. The third-order valence-corrected chi connectivity index (χ3v) is 4.19. The minimum Gasteiger partial charge on any atom is -0.389 e. The van der Waals surface area contributed by atoms with Crippen molar-refractivity contribution >= 4 is 11.5 Å². The van der Waals surface area contributed by atoms with Crippen molar-refractivity contribution in [3.63, 3.8) is 0 Å². The summed E-state index contributed by atoms with van der Waals surface area (Å²) in [5, 5.41) is 10.00. The number of piperazine rings is 1. The Morgan fingerprint density at radius 3 is 2.55 bits per heavy atom. The molecule has 1 atom stereocenters. The Labute approximate surface area is 129 Å². The maximum atomic E-state index is 12.4. The molecule has 1 aliphatic rings. The first kappa shape index (κ1) is 15.0. The number of hydrogen-bond acceptors (Lipinski definition) is 5. The minimum absolute atomic E-state index is 0.107. The van der Waals surface area contributed by atoms with E-state index in [9.17, 15) is 9.90 Å². The average molecular weight is 302 g/mol. The Morgan fingerprint density at radius 1 is 1.23 bits per heavy atom. The first-order valence-corrected chi connectivity index (χ1v) is 7.61. The second kappa shape index (κ2) is 5.70. The molecule has 6 nitrogen and oxygen atoms in total. The number of aliphatic hydroxyl groups is 1. The smallest absolute Gasteiger partial charge is 0.259 e. The fourth-order valence-corrected chi connectivity index (χ4v) is 2.86. The molecule has 0 unspecified atom stereocenters. The predicted molar refractivity (Wildman–Crippen MR) is 86.5 cm³/mol. The number of nitrogens with zero attached hydrogens (tertiary/aromatic N) is 4. The van der Waals surface area contributed by atoms with Crippen LogP contribution in [0, 0.1) is 6.92 Å². The van der Waals surface area contributed by atoms with E-state index in [2.05, 4.69) is 21.8 Å². The topological polar surface area (TPSA) is 61.1 Å². The summed E-state index contributed by atoms with van der Waals surface area (Å²) in [7, 11) is 2.09. The van der Waals surface area contributed by atoms with Crippen LogP contribution in [0.1, 0.15) is 24.2 Å². The molecule has 1 N–H and O–H groups in total. The van der Waals surface area contributed by atoms with Crippen LogP contribution in [0.4, 0.5) is 5.82 Å². The number of anilines is 1. The molecular formula is C16H22N4O2. The number of fused-ring (bicyclic) bond motifs is 1. The van der Waals surface area contributed by atoms with Crippen LogP contribution < -0.4 is 10.5 Å². The first-order valence-electron chi connectivity index (χ1n) is 7.61. The van der Waals surface area contributed by atoms with Gasteiger partial charge >= 0.3 is 0 Å². The quantitative estimate of drug-likeness (QED) is 0.889. The highest BCUT2D eigenvalue weighted by Crippen LogP contribution is 2.20. The third kappa shape index (κ3) is 2.71. The van der Waals surface area contributed by atoms with E-state index in [4.69, 9.17) is 0 Å². The number of rotatable bonds is 2. The van der Waals surface area contributed by atoms with Crippen LogP contribution in [0.5, 0.6) is 0 Å². The van der Waals surface area contributed by atoms with E-state index in [0.717, 1.165) is 31.7 Å². The number of aliphatic hydroxyl groups excluding tert-OH is 1. The number of pyridine rings is 1. The second-order valence-corrected chi connectivity index (χ2v) is 6.09. The van der Waals surface area contributed by atoms with Crippen LogP contribution in [-0.2, 0) is 0 Å². The van der Waals surface area contributed by atoms with Gasteiger partial charge in [-0.25, -0.2) is 4.98 Å². The van der Waals surface area contributed by atoms with Crippen molar-refractivity contribution in [1.82, 2.24) is 14.3 Å². The monoisotopic (exact) mass is 302 g/mol. The molecule has 118 valence electrons. The Hall–Kier alpha value is -1.92. The van der Waals surface area contributed by atoms with Gasteiger partial charge in [-0.3, -0.25) is 9.20 Å². The molecule has 1 fully saturated rings. The molecule has 0 aliphatic carbocycles. The summed E-state index contributed by atoms with van der Waals surface area (Å²) in [6, 6.07) is 3.48. The van der Waals surface area contributed by atoms with E-state index in [-0.39, 0.29) is 5.56 Å². The van der Waals surface area contributed by atoms with Crippen molar-refractivity contribution < 1.29 is 5.11 Å². The summed E-state index contributed by atoms with van der Waals surface area (Å²) >= 11 is 0. The molecule has 22 heavy (non-hydrogen) atoms. The lowest BCUT2D eigenvalue weighted by Crippen LogP contribution is -2.45. The summed E-state index contributed by atoms with van der Waals surface area (Å²) in [6.45, 7) is 7.23. The fourth-order valence-electron chi connectivity index (χ4n) is 2.86. The molecule has 0 radical (unpaired) electrons. The molecule has 0 spiro atoms. The van der Waals surface area contributed by atoms with Gasteiger partial charge in [0.1, 0.15) is 11.5 Å². The van der Waals surface area contributed by atoms with Gasteiger partial charge in [0.2, 0.25) is 0 Å². The lowest BCUT2D eigenvalue weighted by molar-refractivity contribution is 0.200. The van der Waals surface area contributed by atoms with Gasteiger partial charge in [-0.05, 0) is 32.5 Å². The van der Waals surface area contributed by atoms with E-state index >= 15 is 0 Å². The summed E-state index contributed by atoms with van der Waals surface area (Å²) in [6.07, 6.45) is 1.11. The molecule has 3 heterocycles. The minimum atomic E-state index is -0.662. The molecule has 1 aliphatic heterocycles. The van der Waals surface area contributed by atoms with Crippen LogP contribution in [-0.4, -0.2) is 52.6 Å². The number of hydrogen-bond donors (Lipinski definition) is 1.